The molecule has 0 unspecified atom stereocenters. The van der Waals surface area contributed by atoms with Gasteiger partial charge in [0.05, 0.1) is 26.4 Å². The van der Waals surface area contributed by atoms with Crippen molar-refractivity contribution in [1.82, 2.24) is 0 Å². The average molecular weight is 328 g/mol. The number of aliphatic hydroxyl groups is 1. The maximum Gasteiger partial charge on any atom is 0.239 e. The van der Waals surface area contributed by atoms with E-state index in [1.165, 1.54) is 20.3 Å². The van der Waals surface area contributed by atoms with Crippen molar-refractivity contribution in [3.63, 3.8) is 0 Å². The van der Waals surface area contributed by atoms with E-state index in [1.54, 1.807) is 30.3 Å². The van der Waals surface area contributed by atoms with Gasteiger partial charge in [0, 0.05) is 5.56 Å². The lowest BCUT2D eigenvalue weighted by atomic mass is 10.1. The number of phenols is 1. The molecule has 0 bridgehead atoms. The van der Waals surface area contributed by atoms with Crippen LogP contribution in [0.1, 0.15) is 5.56 Å². The zero-order chi connectivity index (χ0) is 17.3. The van der Waals surface area contributed by atoms with Crippen molar-refractivity contribution in [3.05, 3.63) is 52.2 Å². The van der Waals surface area contributed by atoms with Crippen molar-refractivity contribution in [2.45, 2.75) is 6.61 Å². The van der Waals surface area contributed by atoms with Crippen molar-refractivity contribution < 1.29 is 24.1 Å². The Morgan fingerprint density at radius 2 is 1.75 bits per heavy atom. The normalized spacial score (nSPS) is 10.8. The highest BCUT2D eigenvalue weighted by Crippen LogP contribution is 2.38. The van der Waals surface area contributed by atoms with Gasteiger partial charge in [-0.3, -0.25) is 4.79 Å². The Hall–Kier alpha value is -2.99. The van der Waals surface area contributed by atoms with Gasteiger partial charge in [-0.2, -0.15) is 0 Å². The molecular formula is C18H16O6. The van der Waals surface area contributed by atoms with Crippen LogP contribution in [0.2, 0.25) is 0 Å². The number of phenolic OH excluding ortho intramolecular Hbond substituents is 1. The fraction of sp³-hybridized carbons (Fsp3) is 0.167. The third-order valence-corrected chi connectivity index (χ3v) is 3.78. The van der Waals surface area contributed by atoms with Crippen LogP contribution < -0.4 is 14.9 Å². The van der Waals surface area contributed by atoms with Gasteiger partial charge in [0.2, 0.25) is 11.2 Å². The SMILES string of the molecule is COc1c(-c2ccccc2O)oc2ccc(CO)c(OC)c2c1=O. The number of rotatable bonds is 4. The van der Waals surface area contributed by atoms with Gasteiger partial charge in [-0.05, 0) is 24.3 Å². The van der Waals surface area contributed by atoms with Gasteiger partial charge >= 0.3 is 0 Å². The molecule has 6 nitrogen and oxygen atoms in total. The molecule has 6 heteroatoms. The number of aromatic hydroxyl groups is 1. The van der Waals surface area contributed by atoms with Crippen LogP contribution >= 0.6 is 0 Å². The average Bonchev–Trinajstić information content (AvgIpc) is 2.61. The summed E-state index contributed by atoms with van der Waals surface area (Å²) < 4.78 is 16.3. The molecule has 0 aliphatic heterocycles. The minimum Gasteiger partial charge on any atom is -0.507 e. The zero-order valence-corrected chi connectivity index (χ0v) is 13.2. The van der Waals surface area contributed by atoms with Gasteiger partial charge in [-0.1, -0.05) is 12.1 Å². The summed E-state index contributed by atoms with van der Waals surface area (Å²) in [6.07, 6.45) is 0. The summed E-state index contributed by atoms with van der Waals surface area (Å²) in [5, 5.41) is 19.7. The molecule has 2 aromatic carbocycles. The monoisotopic (exact) mass is 328 g/mol. The summed E-state index contributed by atoms with van der Waals surface area (Å²) in [4.78, 5) is 12.9. The molecule has 0 radical (unpaired) electrons. The van der Waals surface area contributed by atoms with Crippen LogP contribution in [0.25, 0.3) is 22.3 Å². The second-order valence-corrected chi connectivity index (χ2v) is 5.10. The number of para-hydroxylation sites is 1. The van der Waals surface area contributed by atoms with Crippen LogP contribution in [-0.2, 0) is 6.61 Å². The number of hydrogen-bond acceptors (Lipinski definition) is 6. The third kappa shape index (κ3) is 2.37. The van der Waals surface area contributed by atoms with Gasteiger partial charge < -0.3 is 24.1 Å². The number of benzene rings is 2. The fourth-order valence-corrected chi connectivity index (χ4v) is 2.67. The molecule has 0 saturated carbocycles. The van der Waals surface area contributed by atoms with Gasteiger partial charge in [0.1, 0.15) is 22.5 Å². The molecular weight excluding hydrogens is 312 g/mol. The van der Waals surface area contributed by atoms with E-state index in [0.717, 1.165) is 0 Å². The van der Waals surface area contributed by atoms with Crippen LogP contribution in [0, 0.1) is 0 Å². The summed E-state index contributed by atoms with van der Waals surface area (Å²) in [6, 6.07) is 9.70. The smallest absolute Gasteiger partial charge is 0.239 e. The molecule has 1 heterocycles. The number of ether oxygens (including phenoxy) is 2. The molecule has 0 fully saturated rings. The number of fused-ring (bicyclic) bond motifs is 1. The van der Waals surface area contributed by atoms with Gasteiger partial charge in [0.25, 0.3) is 0 Å². The minimum absolute atomic E-state index is 0.0303. The molecule has 1 aromatic heterocycles. The lowest BCUT2D eigenvalue weighted by Crippen LogP contribution is -2.10. The van der Waals surface area contributed by atoms with E-state index in [4.69, 9.17) is 13.9 Å². The van der Waals surface area contributed by atoms with E-state index < -0.39 is 5.43 Å². The fourth-order valence-electron chi connectivity index (χ4n) is 2.67. The lowest BCUT2D eigenvalue weighted by molar-refractivity contribution is 0.274. The first-order valence-corrected chi connectivity index (χ1v) is 7.22. The molecule has 0 aliphatic rings. The Morgan fingerprint density at radius 1 is 1.04 bits per heavy atom. The maximum absolute atomic E-state index is 12.9. The predicted molar refractivity (Wildman–Crippen MR) is 88.6 cm³/mol. The highest BCUT2D eigenvalue weighted by atomic mass is 16.5. The molecule has 0 saturated heterocycles. The topological polar surface area (TPSA) is 89.1 Å². The van der Waals surface area contributed by atoms with E-state index >= 15 is 0 Å². The van der Waals surface area contributed by atoms with Crippen LogP contribution in [-0.4, -0.2) is 24.4 Å². The van der Waals surface area contributed by atoms with Gasteiger partial charge in [-0.15, -0.1) is 0 Å². The highest BCUT2D eigenvalue weighted by molar-refractivity contribution is 5.89. The Morgan fingerprint density at radius 3 is 2.38 bits per heavy atom. The summed E-state index contributed by atoms with van der Waals surface area (Å²) in [5.41, 5.74) is 0.644. The van der Waals surface area contributed by atoms with E-state index in [-0.39, 0.29) is 40.6 Å². The molecule has 0 aliphatic carbocycles. The molecule has 124 valence electrons. The lowest BCUT2D eigenvalue weighted by Gasteiger charge is -2.13. The first-order chi connectivity index (χ1) is 11.6. The summed E-state index contributed by atoms with van der Waals surface area (Å²) in [7, 11) is 2.76. The highest BCUT2D eigenvalue weighted by Gasteiger charge is 2.22. The largest absolute Gasteiger partial charge is 0.507 e. The van der Waals surface area contributed by atoms with Crippen molar-refractivity contribution >= 4 is 11.0 Å². The van der Waals surface area contributed by atoms with Crippen LogP contribution in [0.3, 0.4) is 0 Å². The third-order valence-electron chi connectivity index (χ3n) is 3.78. The first kappa shape index (κ1) is 15.9. The molecule has 0 spiro atoms. The Bertz CT molecular complexity index is 958. The summed E-state index contributed by atoms with van der Waals surface area (Å²) in [6.45, 7) is -0.276. The number of hydrogen-bond donors (Lipinski definition) is 2. The minimum atomic E-state index is -0.441. The van der Waals surface area contributed by atoms with Gasteiger partial charge in [0.15, 0.2) is 5.76 Å². The molecule has 24 heavy (non-hydrogen) atoms. The van der Waals surface area contributed by atoms with Crippen molar-refractivity contribution in [2.75, 3.05) is 14.2 Å². The number of aliphatic hydroxyl groups excluding tert-OH is 1. The summed E-state index contributed by atoms with van der Waals surface area (Å²) >= 11 is 0. The molecule has 3 aromatic rings. The quantitative estimate of drug-likeness (QED) is 0.765. The Labute approximate surface area is 137 Å². The molecule has 0 amide bonds. The maximum atomic E-state index is 12.9. The summed E-state index contributed by atoms with van der Waals surface area (Å²) in [5.74, 6) is 0.299. The standard InChI is InChI=1S/C18H16O6/c1-22-16-10(9-19)7-8-13-14(16)15(21)18(23-2)17(24-13)11-5-3-4-6-12(11)20/h3-8,19-20H,9H2,1-2H3. The predicted octanol–water partition coefficient (Wildman–Crippen LogP) is 2.68. The first-order valence-electron chi connectivity index (χ1n) is 7.22. The van der Waals surface area contributed by atoms with Crippen LogP contribution in [0.4, 0.5) is 0 Å². The Balaban J connectivity index is 2.43. The van der Waals surface area contributed by atoms with Crippen LogP contribution in [0.15, 0.2) is 45.6 Å². The molecule has 3 rings (SSSR count). The van der Waals surface area contributed by atoms with Crippen molar-refractivity contribution in [1.29, 1.82) is 0 Å². The zero-order valence-electron chi connectivity index (χ0n) is 13.2. The number of methoxy groups -OCH3 is 2. The van der Waals surface area contributed by atoms with Gasteiger partial charge in [-0.25, -0.2) is 0 Å². The van der Waals surface area contributed by atoms with E-state index in [1.807, 2.05) is 0 Å². The van der Waals surface area contributed by atoms with E-state index in [0.29, 0.717) is 11.1 Å². The Kier molecular flexibility index (Phi) is 4.14. The van der Waals surface area contributed by atoms with E-state index in [9.17, 15) is 15.0 Å². The van der Waals surface area contributed by atoms with Crippen LogP contribution in [0.5, 0.6) is 17.2 Å². The van der Waals surface area contributed by atoms with E-state index in [2.05, 4.69) is 0 Å². The molecule has 2 N–H and O–H groups in total. The van der Waals surface area contributed by atoms with Crippen molar-refractivity contribution in [2.24, 2.45) is 0 Å². The second-order valence-electron chi connectivity index (χ2n) is 5.10. The van der Waals surface area contributed by atoms with Crippen molar-refractivity contribution in [3.8, 4) is 28.6 Å². The molecule has 0 atom stereocenters. The second kappa shape index (κ2) is 6.25.